The van der Waals surface area contributed by atoms with Gasteiger partial charge in [0.15, 0.2) is 11.5 Å². The molecule has 1 N–H and O–H groups in total. The minimum atomic E-state index is -0.875. The fourth-order valence-electron chi connectivity index (χ4n) is 2.68. The number of halogens is 1. The molecule has 154 valence electrons. The first-order valence-corrected chi connectivity index (χ1v) is 9.14. The van der Waals surface area contributed by atoms with Gasteiger partial charge in [-0.2, -0.15) is 5.26 Å². The Hall–Kier alpha value is -4.44. The highest BCUT2D eigenvalue weighted by atomic mass is 19.1. The molecule has 0 spiro atoms. The number of para-hydroxylation sites is 1. The van der Waals surface area contributed by atoms with Crippen LogP contribution in [0.15, 0.2) is 78.4 Å². The number of esters is 1. The van der Waals surface area contributed by atoms with E-state index in [2.05, 4.69) is 5.32 Å². The number of carbonyl (C=O) groups excluding carboxylic acids is 2. The number of hydrogen-bond donors (Lipinski definition) is 1. The van der Waals surface area contributed by atoms with Crippen LogP contribution in [0.4, 0.5) is 10.1 Å². The molecule has 6 nitrogen and oxygen atoms in total. The van der Waals surface area contributed by atoms with Crippen LogP contribution < -0.4 is 14.8 Å². The van der Waals surface area contributed by atoms with E-state index in [1.54, 1.807) is 30.3 Å². The molecule has 0 unspecified atom stereocenters. The van der Waals surface area contributed by atoms with Gasteiger partial charge in [-0.1, -0.05) is 36.4 Å². The quantitative estimate of drug-likeness (QED) is 0.275. The van der Waals surface area contributed by atoms with Crippen LogP contribution in [0, 0.1) is 17.1 Å². The Bertz CT molecular complexity index is 1180. The van der Waals surface area contributed by atoms with E-state index in [4.69, 9.17) is 9.47 Å². The van der Waals surface area contributed by atoms with Gasteiger partial charge in [-0.05, 0) is 48.0 Å². The van der Waals surface area contributed by atoms with Crippen molar-refractivity contribution < 1.29 is 23.5 Å². The summed E-state index contributed by atoms with van der Waals surface area (Å²) in [6.45, 7) is 0. The van der Waals surface area contributed by atoms with Crippen LogP contribution in [-0.4, -0.2) is 19.0 Å². The van der Waals surface area contributed by atoms with Crippen molar-refractivity contribution in [2.45, 2.75) is 0 Å². The first-order chi connectivity index (χ1) is 15.0. The van der Waals surface area contributed by atoms with Gasteiger partial charge in [0.1, 0.15) is 17.5 Å². The summed E-state index contributed by atoms with van der Waals surface area (Å²) in [7, 11) is 1.37. The smallest absolute Gasteiger partial charge is 0.346 e. The molecule has 0 aliphatic carbocycles. The van der Waals surface area contributed by atoms with Crippen molar-refractivity contribution in [1.82, 2.24) is 0 Å². The SMILES string of the molecule is COc1cc(/C=C(\C#N)C(=O)Nc2ccccc2)ccc1OC(=O)c1ccccc1F. The Morgan fingerprint density at radius 3 is 2.39 bits per heavy atom. The van der Waals surface area contributed by atoms with Gasteiger partial charge >= 0.3 is 5.97 Å². The molecule has 3 aromatic carbocycles. The molecule has 0 saturated heterocycles. The van der Waals surface area contributed by atoms with Crippen molar-refractivity contribution >= 4 is 23.6 Å². The predicted molar refractivity (Wildman–Crippen MR) is 113 cm³/mol. The number of nitrogens with one attached hydrogen (secondary N) is 1. The lowest BCUT2D eigenvalue weighted by Gasteiger charge is -2.10. The van der Waals surface area contributed by atoms with Crippen molar-refractivity contribution in [1.29, 1.82) is 5.26 Å². The van der Waals surface area contributed by atoms with Gasteiger partial charge < -0.3 is 14.8 Å². The maximum absolute atomic E-state index is 13.8. The molecule has 3 aromatic rings. The largest absolute Gasteiger partial charge is 0.493 e. The highest BCUT2D eigenvalue weighted by Gasteiger charge is 2.16. The average Bonchev–Trinajstić information content (AvgIpc) is 2.79. The number of anilines is 1. The van der Waals surface area contributed by atoms with Crippen molar-refractivity contribution in [3.8, 4) is 17.6 Å². The van der Waals surface area contributed by atoms with Gasteiger partial charge in [-0.15, -0.1) is 0 Å². The van der Waals surface area contributed by atoms with Crippen LogP contribution >= 0.6 is 0 Å². The van der Waals surface area contributed by atoms with Crippen LogP contribution in [0.5, 0.6) is 11.5 Å². The molecule has 1 amide bonds. The summed E-state index contributed by atoms with van der Waals surface area (Å²) >= 11 is 0. The second-order valence-corrected chi connectivity index (χ2v) is 6.27. The molecule has 0 aromatic heterocycles. The summed E-state index contributed by atoms with van der Waals surface area (Å²) in [5.41, 5.74) is 0.698. The Balaban J connectivity index is 1.81. The number of nitrogens with zero attached hydrogens (tertiary/aromatic N) is 1. The summed E-state index contributed by atoms with van der Waals surface area (Å²) in [6, 6.07) is 20.5. The van der Waals surface area contributed by atoms with Gasteiger partial charge in [0.05, 0.1) is 12.7 Å². The normalized spacial score (nSPS) is 10.7. The second kappa shape index (κ2) is 9.85. The molecule has 3 rings (SSSR count). The minimum Gasteiger partial charge on any atom is -0.493 e. The summed E-state index contributed by atoms with van der Waals surface area (Å²) in [6.07, 6.45) is 1.38. The molecule has 0 heterocycles. The lowest BCUT2D eigenvalue weighted by atomic mass is 10.1. The number of amides is 1. The summed E-state index contributed by atoms with van der Waals surface area (Å²) < 4.78 is 24.3. The first kappa shape index (κ1) is 21.3. The molecule has 0 bridgehead atoms. The Morgan fingerprint density at radius 2 is 1.71 bits per heavy atom. The average molecular weight is 416 g/mol. The zero-order valence-electron chi connectivity index (χ0n) is 16.5. The Kier molecular flexibility index (Phi) is 6.76. The molecule has 0 saturated carbocycles. The van der Waals surface area contributed by atoms with Crippen LogP contribution in [-0.2, 0) is 4.79 Å². The van der Waals surface area contributed by atoms with Crippen molar-refractivity contribution in [3.63, 3.8) is 0 Å². The summed E-state index contributed by atoms with van der Waals surface area (Å²) in [5.74, 6) is -1.89. The molecule has 0 aliphatic rings. The molecule has 31 heavy (non-hydrogen) atoms. The van der Waals surface area contributed by atoms with E-state index in [9.17, 15) is 19.2 Å². The maximum Gasteiger partial charge on any atom is 0.346 e. The fourth-order valence-corrected chi connectivity index (χ4v) is 2.68. The topological polar surface area (TPSA) is 88.4 Å². The Morgan fingerprint density at radius 1 is 1.00 bits per heavy atom. The van der Waals surface area contributed by atoms with E-state index < -0.39 is 17.7 Å². The van der Waals surface area contributed by atoms with Gasteiger partial charge in [-0.3, -0.25) is 4.79 Å². The number of carbonyl (C=O) groups is 2. The number of nitriles is 1. The fraction of sp³-hybridized carbons (Fsp3) is 0.0417. The maximum atomic E-state index is 13.8. The van der Waals surface area contributed by atoms with Gasteiger partial charge in [0.2, 0.25) is 0 Å². The lowest BCUT2D eigenvalue weighted by Crippen LogP contribution is -2.13. The molecule has 0 radical (unpaired) electrons. The molecule has 0 atom stereocenters. The van der Waals surface area contributed by atoms with E-state index in [1.165, 1.54) is 43.5 Å². The van der Waals surface area contributed by atoms with Gasteiger partial charge in [0, 0.05) is 5.69 Å². The van der Waals surface area contributed by atoms with E-state index in [-0.39, 0.29) is 22.6 Å². The van der Waals surface area contributed by atoms with Crippen molar-refractivity contribution in [2.75, 3.05) is 12.4 Å². The number of methoxy groups -OCH3 is 1. The van der Waals surface area contributed by atoms with Gasteiger partial charge in [-0.25, -0.2) is 9.18 Å². The van der Waals surface area contributed by atoms with E-state index in [0.29, 0.717) is 11.3 Å². The predicted octanol–water partition coefficient (Wildman–Crippen LogP) is 4.60. The van der Waals surface area contributed by atoms with Gasteiger partial charge in [0.25, 0.3) is 5.91 Å². The second-order valence-electron chi connectivity index (χ2n) is 6.27. The molecular formula is C24H17FN2O4. The van der Waals surface area contributed by atoms with E-state index >= 15 is 0 Å². The van der Waals surface area contributed by atoms with Crippen LogP contribution in [0.25, 0.3) is 6.08 Å². The third-order valence-electron chi connectivity index (χ3n) is 4.19. The summed E-state index contributed by atoms with van der Waals surface area (Å²) in [5, 5.41) is 12.0. The lowest BCUT2D eigenvalue weighted by molar-refractivity contribution is -0.112. The molecular weight excluding hydrogens is 399 g/mol. The highest BCUT2D eigenvalue weighted by Crippen LogP contribution is 2.30. The van der Waals surface area contributed by atoms with E-state index in [0.717, 1.165) is 6.07 Å². The van der Waals surface area contributed by atoms with Crippen LogP contribution in [0.1, 0.15) is 15.9 Å². The third-order valence-corrected chi connectivity index (χ3v) is 4.19. The highest BCUT2D eigenvalue weighted by molar-refractivity contribution is 6.09. The zero-order valence-corrected chi connectivity index (χ0v) is 16.5. The van der Waals surface area contributed by atoms with Crippen LogP contribution in [0.2, 0.25) is 0 Å². The third kappa shape index (κ3) is 5.34. The monoisotopic (exact) mass is 416 g/mol. The Labute approximate surface area is 178 Å². The molecule has 7 heteroatoms. The van der Waals surface area contributed by atoms with Crippen molar-refractivity contribution in [2.24, 2.45) is 0 Å². The number of rotatable bonds is 6. The zero-order chi connectivity index (χ0) is 22.2. The number of benzene rings is 3. The van der Waals surface area contributed by atoms with Crippen molar-refractivity contribution in [3.05, 3.63) is 95.3 Å². The number of hydrogen-bond acceptors (Lipinski definition) is 5. The minimum absolute atomic E-state index is 0.0696. The first-order valence-electron chi connectivity index (χ1n) is 9.14. The number of ether oxygens (including phenoxy) is 2. The summed E-state index contributed by atoms with van der Waals surface area (Å²) in [4.78, 5) is 24.6. The molecule has 0 fully saturated rings. The van der Waals surface area contributed by atoms with E-state index in [1.807, 2.05) is 12.1 Å². The van der Waals surface area contributed by atoms with Crippen LogP contribution in [0.3, 0.4) is 0 Å². The molecule has 0 aliphatic heterocycles. The standard InChI is InChI=1S/C24H17FN2O4/c1-30-22-14-16(13-17(15-26)23(28)27-18-7-3-2-4-8-18)11-12-21(22)31-24(29)19-9-5-6-10-20(19)25/h2-14H,1H3,(H,27,28)/b17-13+.